The van der Waals surface area contributed by atoms with Crippen LogP contribution < -0.4 is 4.72 Å². The first-order valence-corrected chi connectivity index (χ1v) is 7.98. The summed E-state index contributed by atoms with van der Waals surface area (Å²) in [4.78, 5) is -0.211. The second kappa shape index (κ2) is 6.62. The Hall–Kier alpha value is -1.02. The Morgan fingerprint density at radius 3 is 2.90 bits per heavy atom. The normalized spacial score (nSPS) is 20.0. The highest BCUT2D eigenvalue weighted by Gasteiger charge is 2.22. The fourth-order valence-electron chi connectivity index (χ4n) is 2.18. The van der Waals surface area contributed by atoms with E-state index in [1.807, 2.05) is 0 Å². The van der Waals surface area contributed by atoms with Crippen molar-refractivity contribution in [3.8, 4) is 0 Å². The number of aliphatic hydroxyl groups excluding tert-OH is 1. The molecule has 5 nitrogen and oxygen atoms in total. The van der Waals surface area contributed by atoms with Crippen molar-refractivity contribution < 1.29 is 22.7 Å². The van der Waals surface area contributed by atoms with Crippen molar-refractivity contribution in [2.24, 2.45) is 5.92 Å². The first kappa shape index (κ1) is 15.4. The molecule has 1 unspecified atom stereocenters. The molecule has 0 aromatic heterocycles. The van der Waals surface area contributed by atoms with Gasteiger partial charge in [-0.05, 0) is 36.5 Å². The van der Waals surface area contributed by atoms with Gasteiger partial charge in [-0.1, -0.05) is 6.07 Å². The molecule has 1 heterocycles. The van der Waals surface area contributed by atoms with E-state index >= 15 is 0 Å². The van der Waals surface area contributed by atoms with Crippen LogP contribution in [0, 0.1) is 11.7 Å². The minimum absolute atomic E-state index is 0.129. The first-order chi connectivity index (χ1) is 9.53. The summed E-state index contributed by atoms with van der Waals surface area (Å²) in [6, 6.07) is 3.32. The quantitative estimate of drug-likeness (QED) is 0.851. The Bertz CT molecular complexity index is 555. The van der Waals surface area contributed by atoms with Crippen LogP contribution in [-0.2, 0) is 21.4 Å². The van der Waals surface area contributed by atoms with Gasteiger partial charge in [0.2, 0.25) is 10.0 Å². The molecule has 0 saturated carbocycles. The van der Waals surface area contributed by atoms with E-state index in [2.05, 4.69) is 4.72 Å². The van der Waals surface area contributed by atoms with Gasteiger partial charge in [-0.25, -0.2) is 17.5 Å². The number of hydrogen-bond acceptors (Lipinski definition) is 4. The Morgan fingerprint density at radius 1 is 1.45 bits per heavy atom. The summed E-state index contributed by atoms with van der Waals surface area (Å²) < 4.78 is 45.3. The maximum atomic E-state index is 13.2. The van der Waals surface area contributed by atoms with Gasteiger partial charge >= 0.3 is 0 Å². The molecule has 0 bridgehead atoms. The van der Waals surface area contributed by atoms with Crippen LogP contribution in [0.4, 0.5) is 4.39 Å². The molecule has 0 spiro atoms. The maximum absolute atomic E-state index is 13.2. The summed E-state index contributed by atoms with van der Waals surface area (Å²) >= 11 is 0. The van der Waals surface area contributed by atoms with Crippen LogP contribution in [0.15, 0.2) is 23.1 Å². The summed E-state index contributed by atoms with van der Waals surface area (Å²) in [7, 11) is -3.83. The van der Waals surface area contributed by atoms with Gasteiger partial charge in [-0.15, -0.1) is 0 Å². The molecular formula is C13H18FNO4S. The van der Waals surface area contributed by atoms with E-state index in [0.29, 0.717) is 13.2 Å². The molecule has 0 amide bonds. The third-order valence-corrected chi connectivity index (χ3v) is 4.81. The predicted molar refractivity (Wildman–Crippen MR) is 71.1 cm³/mol. The maximum Gasteiger partial charge on any atom is 0.241 e. The Kier molecular flexibility index (Phi) is 5.09. The third-order valence-electron chi connectivity index (χ3n) is 3.31. The molecule has 112 valence electrons. The van der Waals surface area contributed by atoms with Crippen LogP contribution in [0.5, 0.6) is 0 Å². The van der Waals surface area contributed by atoms with E-state index in [-0.39, 0.29) is 22.9 Å². The van der Waals surface area contributed by atoms with Crippen molar-refractivity contribution in [1.82, 2.24) is 4.72 Å². The highest BCUT2D eigenvalue weighted by Crippen LogP contribution is 2.19. The average molecular weight is 303 g/mol. The summed E-state index contributed by atoms with van der Waals surface area (Å²) in [5.41, 5.74) is 0.179. The van der Waals surface area contributed by atoms with E-state index in [9.17, 15) is 12.8 Å². The average Bonchev–Trinajstić information content (AvgIpc) is 2.46. The lowest BCUT2D eigenvalue weighted by Crippen LogP contribution is -2.33. The number of aliphatic hydroxyl groups is 1. The molecule has 0 radical (unpaired) electrons. The van der Waals surface area contributed by atoms with Crippen LogP contribution in [0.1, 0.15) is 18.4 Å². The molecule has 1 fully saturated rings. The van der Waals surface area contributed by atoms with Crippen LogP contribution in [0.2, 0.25) is 0 Å². The summed E-state index contributed by atoms with van der Waals surface area (Å²) in [6.07, 6.45) is 1.81. The van der Waals surface area contributed by atoms with E-state index in [0.717, 1.165) is 25.0 Å². The van der Waals surface area contributed by atoms with Gasteiger partial charge in [0.05, 0.1) is 18.1 Å². The lowest BCUT2D eigenvalue weighted by Gasteiger charge is -2.22. The van der Waals surface area contributed by atoms with Crippen LogP contribution in [-0.4, -0.2) is 33.3 Å². The molecule has 1 aliphatic rings. The van der Waals surface area contributed by atoms with Gasteiger partial charge in [0, 0.05) is 13.2 Å². The largest absolute Gasteiger partial charge is 0.392 e. The molecule has 2 N–H and O–H groups in total. The number of benzene rings is 1. The van der Waals surface area contributed by atoms with Crippen molar-refractivity contribution >= 4 is 10.0 Å². The van der Waals surface area contributed by atoms with Crippen molar-refractivity contribution in [2.75, 3.05) is 19.8 Å². The van der Waals surface area contributed by atoms with Crippen molar-refractivity contribution in [3.63, 3.8) is 0 Å². The topological polar surface area (TPSA) is 75.6 Å². The van der Waals surface area contributed by atoms with E-state index in [1.165, 1.54) is 6.07 Å². The minimum atomic E-state index is -3.83. The number of ether oxygens (including phenoxy) is 1. The lowest BCUT2D eigenvalue weighted by atomic mass is 10.0. The highest BCUT2D eigenvalue weighted by atomic mass is 32.2. The zero-order chi connectivity index (χ0) is 14.6. The van der Waals surface area contributed by atoms with Crippen LogP contribution >= 0.6 is 0 Å². The Morgan fingerprint density at radius 2 is 2.25 bits per heavy atom. The fraction of sp³-hybridized carbons (Fsp3) is 0.538. The van der Waals surface area contributed by atoms with E-state index in [4.69, 9.17) is 9.84 Å². The SMILES string of the molecule is O=S(=O)(NCC1CCCOC1)c1cc(F)ccc1CO. The van der Waals surface area contributed by atoms with Gasteiger partial charge in [-0.3, -0.25) is 0 Å². The Labute approximate surface area is 117 Å². The second-order valence-corrected chi connectivity index (χ2v) is 6.58. The molecule has 0 aliphatic carbocycles. The lowest BCUT2D eigenvalue weighted by molar-refractivity contribution is 0.0568. The number of rotatable bonds is 5. The number of nitrogens with one attached hydrogen (secondary N) is 1. The molecule has 1 saturated heterocycles. The predicted octanol–water partition coefficient (Wildman–Crippen LogP) is 1.02. The molecule has 1 aliphatic heterocycles. The smallest absolute Gasteiger partial charge is 0.241 e. The molecule has 1 aromatic carbocycles. The van der Waals surface area contributed by atoms with Crippen molar-refractivity contribution in [2.45, 2.75) is 24.3 Å². The summed E-state index contributed by atoms with van der Waals surface area (Å²) in [5.74, 6) is -0.520. The summed E-state index contributed by atoms with van der Waals surface area (Å²) in [6.45, 7) is 1.03. The monoisotopic (exact) mass is 303 g/mol. The number of halogens is 1. The fourth-order valence-corrected chi connectivity index (χ4v) is 3.54. The minimum Gasteiger partial charge on any atom is -0.392 e. The van der Waals surface area contributed by atoms with E-state index in [1.54, 1.807) is 0 Å². The van der Waals surface area contributed by atoms with Gasteiger partial charge in [0.1, 0.15) is 5.82 Å². The molecule has 2 rings (SSSR count). The van der Waals surface area contributed by atoms with E-state index < -0.39 is 22.4 Å². The van der Waals surface area contributed by atoms with Gasteiger partial charge < -0.3 is 9.84 Å². The molecule has 20 heavy (non-hydrogen) atoms. The molecule has 1 atom stereocenters. The van der Waals surface area contributed by atoms with Crippen LogP contribution in [0.25, 0.3) is 0 Å². The van der Waals surface area contributed by atoms with Crippen molar-refractivity contribution in [1.29, 1.82) is 0 Å². The first-order valence-electron chi connectivity index (χ1n) is 6.49. The Balaban J connectivity index is 2.11. The second-order valence-electron chi connectivity index (χ2n) is 4.85. The highest BCUT2D eigenvalue weighted by molar-refractivity contribution is 7.89. The standard InChI is InChI=1S/C13H18FNO4S/c14-12-4-3-11(8-16)13(6-12)20(17,18)15-7-10-2-1-5-19-9-10/h3-4,6,10,15-16H,1-2,5,7-9H2. The summed E-state index contributed by atoms with van der Waals surface area (Å²) in [5, 5.41) is 9.15. The van der Waals surface area contributed by atoms with Gasteiger partial charge in [0.25, 0.3) is 0 Å². The van der Waals surface area contributed by atoms with Crippen LogP contribution in [0.3, 0.4) is 0 Å². The molecule has 7 heteroatoms. The number of hydrogen-bond donors (Lipinski definition) is 2. The van der Waals surface area contributed by atoms with Gasteiger partial charge in [-0.2, -0.15) is 0 Å². The zero-order valence-electron chi connectivity index (χ0n) is 11.0. The number of sulfonamides is 1. The van der Waals surface area contributed by atoms with Crippen molar-refractivity contribution in [3.05, 3.63) is 29.6 Å². The zero-order valence-corrected chi connectivity index (χ0v) is 11.8. The third kappa shape index (κ3) is 3.76. The van der Waals surface area contributed by atoms with Gasteiger partial charge in [0.15, 0.2) is 0 Å². The molecular weight excluding hydrogens is 285 g/mol. The molecule has 1 aromatic rings.